The van der Waals surface area contributed by atoms with E-state index in [0.29, 0.717) is 11.9 Å². The zero-order chi connectivity index (χ0) is 13.1. The minimum Gasteiger partial charge on any atom is -0.358 e. The Kier molecular flexibility index (Phi) is 3.81. The molecular formula is C11H19N5O2. The molecule has 1 aliphatic rings. The third-order valence-electron chi connectivity index (χ3n) is 3.49. The molecule has 1 unspecified atom stereocenters. The molecule has 1 atom stereocenters. The smallest absolute Gasteiger partial charge is 0.358 e. The first-order valence-electron chi connectivity index (χ1n) is 6.20. The second-order valence-corrected chi connectivity index (χ2v) is 4.71. The van der Waals surface area contributed by atoms with Crippen molar-refractivity contribution in [2.75, 3.05) is 25.0 Å². The molecule has 100 valence electrons. The summed E-state index contributed by atoms with van der Waals surface area (Å²) in [5, 5.41) is 14.3. The molecule has 0 saturated carbocycles. The Balaban J connectivity index is 2.23. The molecule has 2 heterocycles. The average molecular weight is 253 g/mol. The number of aromatic nitrogens is 2. The van der Waals surface area contributed by atoms with Gasteiger partial charge in [-0.15, -0.1) is 0 Å². The van der Waals surface area contributed by atoms with Crippen LogP contribution in [-0.2, 0) is 7.05 Å². The van der Waals surface area contributed by atoms with Crippen LogP contribution in [0.1, 0.15) is 19.3 Å². The van der Waals surface area contributed by atoms with E-state index >= 15 is 0 Å². The number of imidazole rings is 1. The van der Waals surface area contributed by atoms with Crippen molar-refractivity contribution in [3.8, 4) is 0 Å². The summed E-state index contributed by atoms with van der Waals surface area (Å²) in [7, 11) is 3.71. The highest BCUT2D eigenvalue weighted by atomic mass is 16.6. The van der Waals surface area contributed by atoms with Crippen molar-refractivity contribution >= 4 is 11.6 Å². The Morgan fingerprint density at radius 1 is 1.56 bits per heavy atom. The maximum atomic E-state index is 11.0. The SMILES string of the molecule is CN(c1c([N+](=O)[O-])ncn1C)C1CCCNCC1. The fraction of sp³-hybridized carbons (Fsp3) is 0.727. The van der Waals surface area contributed by atoms with E-state index in [9.17, 15) is 10.1 Å². The first kappa shape index (κ1) is 12.8. The van der Waals surface area contributed by atoms with Gasteiger partial charge in [0, 0.05) is 20.1 Å². The van der Waals surface area contributed by atoms with E-state index in [4.69, 9.17) is 0 Å². The van der Waals surface area contributed by atoms with Crippen LogP contribution >= 0.6 is 0 Å². The summed E-state index contributed by atoms with van der Waals surface area (Å²) in [5.74, 6) is 0.532. The number of rotatable bonds is 3. The van der Waals surface area contributed by atoms with Crippen LogP contribution in [0.5, 0.6) is 0 Å². The molecule has 7 nitrogen and oxygen atoms in total. The van der Waals surface area contributed by atoms with E-state index in [2.05, 4.69) is 10.3 Å². The molecule has 1 N–H and O–H groups in total. The normalized spacial score (nSPS) is 20.4. The van der Waals surface area contributed by atoms with Crippen LogP contribution in [0.15, 0.2) is 6.33 Å². The quantitative estimate of drug-likeness (QED) is 0.640. The molecule has 0 bridgehead atoms. The van der Waals surface area contributed by atoms with Gasteiger partial charge in [-0.05, 0) is 42.3 Å². The van der Waals surface area contributed by atoms with Gasteiger partial charge in [0.1, 0.15) is 0 Å². The lowest BCUT2D eigenvalue weighted by Crippen LogP contribution is -2.34. The molecule has 1 aliphatic heterocycles. The Morgan fingerprint density at radius 3 is 3.06 bits per heavy atom. The summed E-state index contributed by atoms with van der Waals surface area (Å²) in [6.45, 7) is 1.98. The summed E-state index contributed by atoms with van der Waals surface area (Å²) in [5.41, 5.74) is 0. The molecule has 0 aromatic carbocycles. The number of aryl methyl sites for hydroxylation is 1. The van der Waals surface area contributed by atoms with Crippen LogP contribution in [-0.4, -0.2) is 40.7 Å². The molecule has 18 heavy (non-hydrogen) atoms. The number of nitrogens with one attached hydrogen (secondary N) is 1. The minimum atomic E-state index is -0.416. The first-order chi connectivity index (χ1) is 8.61. The molecule has 0 radical (unpaired) electrons. The van der Waals surface area contributed by atoms with Gasteiger partial charge in [-0.25, -0.2) is 0 Å². The number of nitro groups is 1. The third kappa shape index (κ3) is 2.45. The molecule has 7 heteroatoms. The highest BCUT2D eigenvalue weighted by molar-refractivity contribution is 5.54. The lowest BCUT2D eigenvalue weighted by Gasteiger charge is -2.27. The topological polar surface area (TPSA) is 76.2 Å². The molecule has 1 aromatic heterocycles. The lowest BCUT2D eigenvalue weighted by molar-refractivity contribution is -0.388. The van der Waals surface area contributed by atoms with Crippen LogP contribution in [0.2, 0.25) is 0 Å². The summed E-state index contributed by atoms with van der Waals surface area (Å²) in [4.78, 5) is 16.4. The maximum Gasteiger partial charge on any atom is 0.406 e. The molecule has 0 spiro atoms. The number of nitrogens with zero attached hydrogens (tertiary/aromatic N) is 4. The van der Waals surface area contributed by atoms with Gasteiger partial charge < -0.3 is 20.3 Å². The van der Waals surface area contributed by atoms with Crippen molar-refractivity contribution in [2.45, 2.75) is 25.3 Å². The van der Waals surface area contributed by atoms with Crippen LogP contribution < -0.4 is 10.2 Å². The average Bonchev–Trinajstić information content (AvgIpc) is 2.56. The molecule has 1 saturated heterocycles. The second-order valence-electron chi connectivity index (χ2n) is 4.71. The predicted molar refractivity (Wildman–Crippen MR) is 68.8 cm³/mol. The highest BCUT2D eigenvalue weighted by Crippen LogP contribution is 2.28. The fourth-order valence-corrected chi connectivity index (χ4v) is 2.51. The van der Waals surface area contributed by atoms with Crippen LogP contribution in [0, 0.1) is 10.1 Å². The lowest BCUT2D eigenvalue weighted by atomic mass is 10.1. The Hall–Kier alpha value is -1.63. The monoisotopic (exact) mass is 253 g/mol. The Bertz CT molecular complexity index is 423. The maximum absolute atomic E-state index is 11.0. The fourth-order valence-electron chi connectivity index (χ4n) is 2.51. The van der Waals surface area contributed by atoms with Gasteiger partial charge in [0.25, 0.3) is 0 Å². The van der Waals surface area contributed by atoms with Gasteiger partial charge in [0.2, 0.25) is 12.1 Å². The zero-order valence-electron chi connectivity index (χ0n) is 10.8. The van der Waals surface area contributed by atoms with E-state index in [-0.39, 0.29) is 5.82 Å². The Morgan fingerprint density at radius 2 is 2.33 bits per heavy atom. The standard InChI is InChI=1S/C11H19N5O2/c1-14-8-13-10(16(17)18)11(14)15(2)9-4-3-6-12-7-5-9/h8-9,12H,3-7H2,1-2H3. The first-order valence-corrected chi connectivity index (χ1v) is 6.20. The van der Waals surface area contributed by atoms with E-state index in [0.717, 1.165) is 32.4 Å². The second kappa shape index (κ2) is 5.34. The summed E-state index contributed by atoms with van der Waals surface area (Å²) in [6.07, 6.45) is 4.64. The predicted octanol–water partition coefficient (Wildman–Crippen LogP) is 0.907. The largest absolute Gasteiger partial charge is 0.406 e. The molecule has 2 rings (SSSR count). The van der Waals surface area contributed by atoms with Crippen LogP contribution in [0.4, 0.5) is 11.6 Å². The van der Waals surface area contributed by atoms with Crippen LogP contribution in [0.3, 0.4) is 0 Å². The molecule has 0 amide bonds. The van der Waals surface area contributed by atoms with Crippen molar-refractivity contribution in [1.29, 1.82) is 0 Å². The van der Waals surface area contributed by atoms with E-state index in [1.807, 2.05) is 11.9 Å². The van der Waals surface area contributed by atoms with Gasteiger partial charge in [0.15, 0.2) is 0 Å². The zero-order valence-corrected chi connectivity index (χ0v) is 10.8. The summed E-state index contributed by atoms with van der Waals surface area (Å²) < 4.78 is 1.72. The molecule has 1 fully saturated rings. The minimum absolute atomic E-state index is 0.0581. The van der Waals surface area contributed by atoms with Gasteiger partial charge in [-0.1, -0.05) is 0 Å². The van der Waals surface area contributed by atoms with Crippen LogP contribution in [0.25, 0.3) is 0 Å². The van der Waals surface area contributed by atoms with Gasteiger partial charge in [0.05, 0.1) is 0 Å². The highest BCUT2D eigenvalue weighted by Gasteiger charge is 2.28. The molecular weight excluding hydrogens is 234 g/mol. The van der Waals surface area contributed by atoms with Crippen molar-refractivity contribution in [3.63, 3.8) is 0 Å². The van der Waals surface area contributed by atoms with Crippen molar-refractivity contribution in [3.05, 3.63) is 16.4 Å². The van der Waals surface area contributed by atoms with Crippen molar-refractivity contribution in [2.24, 2.45) is 7.05 Å². The Labute approximate surface area is 106 Å². The van der Waals surface area contributed by atoms with E-state index in [1.165, 1.54) is 6.33 Å². The number of hydrogen-bond donors (Lipinski definition) is 1. The number of hydrogen-bond acceptors (Lipinski definition) is 5. The third-order valence-corrected chi connectivity index (χ3v) is 3.49. The van der Waals surface area contributed by atoms with Crippen molar-refractivity contribution < 1.29 is 4.92 Å². The van der Waals surface area contributed by atoms with E-state index in [1.54, 1.807) is 11.6 Å². The molecule has 0 aliphatic carbocycles. The summed E-state index contributed by atoms with van der Waals surface area (Å²) >= 11 is 0. The van der Waals surface area contributed by atoms with E-state index < -0.39 is 4.92 Å². The van der Waals surface area contributed by atoms with Gasteiger partial charge >= 0.3 is 5.82 Å². The van der Waals surface area contributed by atoms with Crippen molar-refractivity contribution in [1.82, 2.24) is 14.9 Å². The van der Waals surface area contributed by atoms with Gasteiger partial charge in [-0.3, -0.25) is 4.57 Å². The molecule has 1 aromatic rings. The number of anilines is 1. The summed E-state index contributed by atoms with van der Waals surface area (Å²) in [6, 6.07) is 0.328. The van der Waals surface area contributed by atoms with Gasteiger partial charge in [-0.2, -0.15) is 0 Å².